The van der Waals surface area contributed by atoms with E-state index < -0.39 is 9.84 Å². The van der Waals surface area contributed by atoms with E-state index in [1.165, 1.54) is 18.4 Å². The molecule has 0 aromatic heterocycles. The zero-order valence-corrected chi connectivity index (χ0v) is 12.1. The second-order valence-corrected chi connectivity index (χ2v) is 8.34. The van der Waals surface area contributed by atoms with Crippen LogP contribution in [0.5, 0.6) is 0 Å². The van der Waals surface area contributed by atoms with E-state index in [9.17, 15) is 8.42 Å². The summed E-state index contributed by atoms with van der Waals surface area (Å²) in [5.74, 6) is 0.632. The summed E-state index contributed by atoms with van der Waals surface area (Å²) in [7, 11) is -2.88. The highest BCUT2D eigenvalue weighted by atomic mass is 32.2. The van der Waals surface area contributed by atoms with Gasteiger partial charge in [0.25, 0.3) is 0 Å². The molecule has 0 bridgehead atoms. The highest BCUT2D eigenvalue weighted by Crippen LogP contribution is 2.31. The molecule has 0 spiro atoms. The molecule has 3 nitrogen and oxygen atoms in total. The van der Waals surface area contributed by atoms with E-state index in [1.807, 2.05) is 13.2 Å². The normalized spacial score (nSPS) is 31.9. The topological polar surface area (TPSA) is 43.4 Å². The number of hydrogen-bond acceptors (Lipinski definition) is 3. The lowest BCUT2D eigenvalue weighted by Crippen LogP contribution is -2.30. The Hall–Kier alpha value is -0.510. The molecular formula is C14H24O3S. The maximum Gasteiger partial charge on any atom is 0.150 e. The first-order chi connectivity index (χ1) is 8.49. The van der Waals surface area contributed by atoms with Gasteiger partial charge in [-0.25, -0.2) is 8.42 Å². The molecule has 18 heavy (non-hydrogen) atoms. The van der Waals surface area contributed by atoms with Gasteiger partial charge in [-0.3, -0.25) is 0 Å². The van der Waals surface area contributed by atoms with Crippen molar-refractivity contribution in [3.05, 3.63) is 11.8 Å². The van der Waals surface area contributed by atoms with Crippen molar-refractivity contribution < 1.29 is 13.2 Å². The molecule has 0 aromatic rings. The number of ether oxygens (including phenoxy) is 1. The molecule has 1 saturated carbocycles. The third-order valence-electron chi connectivity index (χ3n) is 3.98. The van der Waals surface area contributed by atoms with Crippen LogP contribution in [-0.2, 0) is 14.6 Å². The average Bonchev–Trinajstić information content (AvgIpc) is 2.72. The maximum atomic E-state index is 11.8. The van der Waals surface area contributed by atoms with Crippen LogP contribution in [-0.4, -0.2) is 26.5 Å². The molecule has 1 aliphatic heterocycles. The molecule has 1 atom stereocenters. The van der Waals surface area contributed by atoms with E-state index >= 15 is 0 Å². The Balaban J connectivity index is 1.91. The molecule has 1 heterocycles. The summed E-state index contributed by atoms with van der Waals surface area (Å²) in [5.41, 5.74) is 1.18. The highest BCUT2D eigenvalue weighted by molar-refractivity contribution is 7.91. The standard InChI is InChI=1S/C14H24O3S/c1-14(8-4-5-9-18(15,16)12-14)11-17-10-13-6-2-3-7-13/h10H,2-9,11-12H2,1H3. The minimum Gasteiger partial charge on any atom is -0.501 e. The van der Waals surface area contributed by atoms with Crippen LogP contribution >= 0.6 is 0 Å². The van der Waals surface area contributed by atoms with Crippen LogP contribution in [0.4, 0.5) is 0 Å². The third-order valence-corrected chi connectivity index (χ3v) is 6.03. The molecule has 1 aliphatic carbocycles. The first kappa shape index (κ1) is 13.9. The summed E-state index contributed by atoms with van der Waals surface area (Å²) in [6.07, 6.45) is 9.46. The van der Waals surface area contributed by atoms with Crippen molar-refractivity contribution >= 4 is 9.84 Å². The molecule has 0 amide bonds. The van der Waals surface area contributed by atoms with Crippen LogP contribution in [0.2, 0.25) is 0 Å². The lowest BCUT2D eigenvalue weighted by molar-refractivity contribution is 0.129. The van der Waals surface area contributed by atoms with E-state index in [0.717, 1.165) is 32.1 Å². The number of hydrogen-bond donors (Lipinski definition) is 0. The van der Waals surface area contributed by atoms with Crippen molar-refractivity contribution in [3.8, 4) is 0 Å². The molecule has 4 heteroatoms. The van der Waals surface area contributed by atoms with Crippen molar-refractivity contribution in [2.45, 2.75) is 51.9 Å². The van der Waals surface area contributed by atoms with Gasteiger partial charge in [0.2, 0.25) is 0 Å². The smallest absolute Gasteiger partial charge is 0.150 e. The Morgan fingerprint density at radius 2 is 1.94 bits per heavy atom. The van der Waals surface area contributed by atoms with Gasteiger partial charge in [-0.05, 0) is 44.1 Å². The summed E-state index contributed by atoms with van der Waals surface area (Å²) in [4.78, 5) is 0. The lowest BCUT2D eigenvalue weighted by Gasteiger charge is -2.26. The van der Waals surface area contributed by atoms with Crippen molar-refractivity contribution in [1.82, 2.24) is 0 Å². The van der Waals surface area contributed by atoms with Gasteiger partial charge >= 0.3 is 0 Å². The zero-order valence-electron chi connectivity index (χ0n) is 11.3. The quantitative estimate of drug-likeness (QED) is 0.742. The number of sulfone groups is 1. The molecule has 2 fully saturated rings. The molecule has 0 N–H and O–H groups in total. The van der Waals surface area contributed by atoms with Crippen molar-refractivity contribution in [1.29, 1.82) is 0 Å². The second-order valence-electron chi connectivity index (χ2n) is 6.15. The van der Waals surface area contributed by atoms with Crippen LogP contribution < -0.4 is 0 Å². The van der Waals surface area contributed by atoms with Crippen molar-refractivity contribution in [2.24, 2.45) is 5.41 Å². The van der Waals surface area contributed by atoms with Gasteiger partial charge in [0, 0.05) is 5.41 Å². The first-order valence-electron chi connectivity index (χ1n) is 6.99. The molecular weight excluding hydrogens is 248 g/mol. The Bertz CT molecular complexity index is 403. The molecule has 0 radical (unpaired) electrons. The fraction of sp³-hybridized carbons (Fsp3) is 0.857. The molecule has 104 valence electrons. The van der Waals surface area contributed by atoms with Gasteiger partial charge in [-0.15, -0.1) is 0 Å². The lowest BCUT2D eigenvalue weighted by atomic mass is 9.88. The zero-order chi connectivity index (χ0) is 13.1. The number of allylic oxidation sites excluding steroid dienone is 1. The van der Waals surface area contributed by atoms with Gasteiger partial charge in [0.15, 0.2) is 9.84 Å². The summed E-state index contributed by atoms with van der Waals surface area (Å²) >= 11 is 0. The number of rotatable bonds is 3. The minimum absolute atomic E-state index is 0.203. The van der Waals surface area contributed by atoms with Crippen molar-refractivity contribution in [2.75, 3.05) is 18.1 Å². The van der Waals surface area contributed by atoms with Gasteiger partial charge in [0.1, 0.15) is 0 Å². The van der Waals surface area contributed by atoms with Gasteiger partial charge < -0.3 is 4.74 Å². The maximum absolute atomic E-state index is 11.8. The second kappa shape index (κ2) is 5.64. The van der Waals surface area contributed by atoms with E-state index in [4.69, 9.17) is 4.74 Å². The molecule has 1 unspecified atom stereocenters. The Morgan fingerprint density at radius 1 is 1.22 bits per heavy atom. The predicted octanol–water partition coefficient (Wildman–Crippen LogP) is 3.07. The van der Waals surface area contributed by atoms with Crippen LogP contribution in [0.1, 0.15) is 51.9 Å². The van der Waals surface area contributed by atoms with Gasteiger partial charge in [-0.1, -0.05) is 13.3 Å². The minimum atomic E-state index is -2.88. The van der Waals surface area contributed by atoms with Gasteiger partial charge in [0.05, 0.1) is 24.4 Å². The van der Waals surface area contributed by atoms with Gasteiger partial charge in [-0.2, -0.15) is 0 Å². The van der Waals surface area contributed by atoms with E-state index in [0.29, 0.717) is 12.4 Å². The van der Waals surface area contributed by atoms with Crippen LogP contribution in [0.3, 0.4) is 0 Å². The van der Waals surface area contributed by atoms with Crippen LogP contribution in [0.15, 0.2) is 11.8 Å². The van der Waals surface area contributed by atoms with E-state index in [2.05, 4.69) is 0 Å². The SMILES string of the molecule is CC1(COC=C2CCCC2)CCCCS(=O)(=O)C1. The average molecular weight is 272 g/mol. The largest absolute Gasteiger partial charge is 0.501 e. The fourth-order valence-corrected chi connectivity index (χ4v) is 5.05. The molecule has 0 aromatic carbocycles. The highest BCUT2D eigenvalue weighted by Gasteiger charge is 2.33. The summed E-state index contributed by atoms with van der Waals surface area (Å²) < 4.78 is 29.4. The summed E-state index contributed by atoms with van der Waals surface area (Å²) in [6, 6.07) is 0. The monoisotopic (exact) mass is 272 g/mol. The van der Waals surface area contributed by atoms with Crippen LogP contribution in [0, 0.1) is 5.41 Å². The molecule has 2 aliphatic rings. The third kappa shape index (κ3) is 4.01. The van der Waals surface area contributed by atoms with Crippen molar-refractivity contribution in [3.63, 3.8) is 0 Å². The first-order valence-corrected chi connectivity index (χ1v) is 8.81. The Labute approximate surface area is 111 Å². The summed E-state index contributed by atoms with van der Waals surface area (Å²) in [6.45, 7) is 2.58. The Kier molecular flexibility index (Phi) is 4.36. The Morgan fingerprint density at radius 3 is 2.67 bits per heavy atom. The summed E-state index contributed by atoms with van der Waals surface area (Å²) in [5, 5.41) is 0. The van der Waals surface area contributed by atoms with Crippen LogP contribution in [0.25, 0.3) is 0 Å². The van der Waals surface area contributed by atoms with E-state index in [-0.39, 0.29) is 11.2 Å². The fourth-order valence-electron chi connectivity index (χ4n) is 2.97. The molecule has 1 saturated heterocycles. The van der Waals surface area contributed by atoms with E-state index in [1.54, 1.807) is 0 Å². The predicted molar refractivity (Wildman–Crippen MR) is 73.1 cm³/mol. The molecule has 2 rings (SSSR count).